The van der Waals surface area contributed by atoms with Crippen molar-refractivity contribution in [3.05, 3.63) is 65.2 Å². The van der Waals surface area contributed by atoms with Crippen LogP contribution in [0.2, 0.25) is 10.0 Å². The average Bonchev–Trinajstić information content (AvgIpc) is 2.60. The number of sulfonamides is 1. The molecule has 2 aromatic rings. The van der Waals surface area contributed by atoms with Crippen LogP contribution in [0.15, 0.2) is 60.0 Å². The molecule has 0 aliphatic rings. The molecule has 0 bridgehead atoms. The fraction of sp³-hybridized carbons (Fsp3) is 0.118. The lowest BCUT2D eigenvalue weighted by molar-refractivity contribution is -0.122. The van der Waals surface area contributed by atoms with Crippen LogP contribution in [0.1, 0.15) is 0 Å². The molecule has 0 spiro atoms. The summed E-state index contributed by atoms with van der Waals surface area (Å²) in [6, 6.07) is 10.2. The maximum atomic E-state index is 12.4. The van der Waals surface area contributed by atoms with E-state index in [2.05, 4.69) is 16.6 Å². The van der Waals surface area contributed by atoms with E-state index in [1.165, 1.54) is 24.3 Å². The molecule has 0 saturated carbocycles. The normalized spacial score (nSPS) is 10.8. The van der Waals surface area contributed by atoms with Gasteiger partial charge in [0.1, 0.15) is 5.75 Å². The van der Waals surface area contributed by atoms with E-state index in [0.29, 0.717) is 17.3 Å². The SMILES string of the molecule is C=CCNC(=O)COc1ccc(S(=O)(=O)Nc2ccc(Cl)cc2)cc1Cl. The molecule has 0 heterocycles. The Labute approximate surface area is 161 Å². The standard InChI is InChI=1S/C17H16Cl2N2O4S/c1-2-9-20-17(22)11-25-16-8-7-14(10-15(16)19)26(23,24)21-13-5-3-12(18)4-6-13/h2-8,10,21H,1,9,11H2,(H,20,22). The number of ether oxygens (including phenoxy) is 1. The largest absolute Gasteiger partial charge is 0.482 e. The van der Waals surface area contributed by atoms with Crippen molar-refractivity contribution in [1.29, 1.82) is 0 Å². The number of hydrogen-bond donors (Lipinski definition) is 2. The third-order valence-electron chi connectivity index (χ3n) is 3.11. The Hall–Kier alpha value is -2.22. The van der Waals surface area contributed by atoms with Crippen molar-refractivity contribution in [2.45, 2.75) is 4.90 Å². The molecule has 1 amide bonds. The fourth-order valence-corrected chi connectivity index (χ4v) is 3.39. The van der Waals surface area contributed by atoms with Crippen LogP contribution in [0.25, 0.3) is 0 Å². The van der Waals surface area contributed by atoms with Crippen LogP contribution in [0.5, 0.6) is 5.75 Å². The first-order valence-corrected chi connectivity index (χ1v) is 9.64. The second kappa shape index (κ2) is 8.93. The van der Waals surface area contributed by atoms with Gasteiger partial charge in [0.05, 0.1) is 9.92 Å². The van der Waals surface area contributed by atoms with E-state index in [-0.39, 0.29) is 28.2 Å². The molecule has 0 radical (unpaired) electrons. The molecule has 0 aliphatic carbocycles. The number of nitrogens with one attached hydrogen (secondary N) is 2. The highest BCUT2D eigenvalue weighted by atomic mass is 35.5. The quantitative estimate of drug-likeness (QED) is 0.647. The van der Waals surface area contributed by atoms with Crippen molar-refractivity contribution in [3.8, 4) is 5.75 Å². The minimum Gasteiger partial charge on any atom is -0.482 e. The Morgan fingerprint density at radius 2 is 1.85 bits per heavy atom. The van der Waals surface area contributed by atoms with Crippen molar-refractivity contribution in [1.82, 2.24) is 5.32 Å². The lowest BCUT2D eigenvalue weighted by atomic mass is 10.3. The summed E-state index contributed by atoms with van der Waals surface area (Å²) in [7, 11) is -3.83. The molecule has 2 N–H and O–H groups in total. The monoisotopic (exact) mass is 414 g/mol. The molecular weight excluding hydrogens is 399 g/mol. The first-order chi connectivity index (χ1) is 12.3. The van der Waals surface area contributed by atoms with Gasteiger partial charge in [-0.1, -0.05) is 29.3 Å². The summed E-state index contributed by atoms with van der Waals surface area (Å²) in [5.74, 6) is -0.145. The molecule has 0 fully saturated rings. The number of halogens is 2. The highest BCUT2D eigenvalue weighted by molar-refractivity contribution is 7.92. The zero-order valence-electron chi connectivity index (χ0n) is 13.5. The smallest absolute Gasteiger partial charge is 0.261 e. The number of carbonyl (C=O) groups is 1. The van der Waals surface area contributed by atoms with E-state index in [0.717, 1.165) is 0 Å². The van der Waals surface area contributed by atoms with Gasteiger partial charge in [0.15, 0.2) is 6.61 Å². The summed E-state index contributed by atoms with van der Waals surface area (Å²) < 4.78 is 32.5. The van der Waals surface area contributed by atoms with Gasteiger partial charge in [-0.15, -0.1) is 6.58 Å². The van der Waals surface area contributed by atoms with Crippen molar-refractivity contribution in [3.63, 3.8) is 0 Å². The molecule has 9 heteroatoms. The van der Waals surface area contributed by atoms with Gasteiger partial charge in [-0.3, -0.25) is 9.52 Å². The van der Waals surface area contributed by atoms with Gasteiger partial charge in [-0.25, -0.2) is 8.42 Å². The predicted molar refractivity (Wildman–Crippen MR) is 102 cm³/mol. The van der Waals surface area contributed by atoms with E-state index in [1.54, 1.807) is 24.3 Å². The summed E-state index contributed by atoms with van der Waals surface area (Å²) in [6.07, 6.45) is 1.54. The Bertz CT molecular complexity index is 899. The van der Waals surface area contributed by atoms with E-state index in [1.807, 2.05) is 0 Å². The van der Waals surface area contributed by atoms with Crippen LogP contribution in [-0.4, -0.2) is 27.5 Å². The molecule has 0 aromatic heterocycles. The minimum atomic E-state index is -3.83. The number of hydrogen-bond acceptors (Lipinski definition) is 4. The Balaban J connectivity index is 2.08. The van der Waals surface area contributed by atoms with E-state index >= 15 is 0 Å². The number of anilines is 1. The number of amides is 1. The fourth-order valence-electron chi connectivity index (χ4n) is 1.88. The second-order valence-electron chi connectivity index (χ2n) is 5.09. The number of benzene rings is 2. The van der Waals surface area contributed by atoms with Crippen molar-refractivity contribution >= 4 is 44.8 Å². The maximum Gasteiger partial charge on any atom is 0.261 e. The molecule has 2 aromatic carbocycles. The van der Waals surface area contributed by atoms with Crippen LogP contribution in [0.3, 0.4) is 0 Å². The van der Waals surface area contributed by atoms with Gasteiger partial charge in [0.25, 0.3) is 15.9 Å². The van der Waals surface area contributed by atoms with E-state index in [4.69, 9.17) is 27.9 Å². The third-order valence-corrected chi connectivity index (χ3v) is 5.04. The minimum absolute atomic E-state index is 0.0408. The maximum absolute atomic E-state index is 12.4. The van der Waals surface area contributed by atoms with Crippen LogP contribution in [0, 0.1) is 0 Å². The van der Waals surface area contributed by atoms with Crippen molar-refractivity contribution in [2.75, 3.05) is 17.9 Å². The van der Waals surface area contributed by atoms with Crippen LogP contribution < -0.4 is 14.8 Å². The molecule has 6 nitrogen and oxygen atoms in total. The highest BCUT2D eigenvalue weighted by Gasteiger charge is 2.17. The number of rotatable bonds is 8. The third kappa shape index (κ3) is 5.66. The first-order valence-electron chi connectivity index (χ1n) is 7.40. The lowest BCUT2D eigenvalue weighted by Gasteiger charge is -2.11. The predicted octanol–water partition coefficient (Wildman–Crippen LogP) is 3.48. The molecular formula is C17H16Cl2N2O4S. The molecule has 0 atom stereocenters. The van der Waals surface area contributed by atoms with Gasteiger partial charge < -0.3 is 10.1 Å². The summed E-state index contributed by atoms with van der Waals surface area (Å²) >= 11 is 11.8. The number of carbonyl (C=O) groups excluding carboxylic acids is 1. The lowest BCUT2D eigenvalue weighted by Crippen LogP contribution is -2.28. The van der Waals surface area contributed by atoms with Gasteiger partial charge in [0.2, 0.25) is 0 Å². The summed E-state index contributed by atoms with van der Waals surface area (Å²) in [5, 5.41) is 3.11. The van der Waals surface area contributed by atoms with Crippen molar-refractivity contribution in [2.24, 2.45) is 0 Å². The topological polar surface area (TPSA) is 84.5 Å². The van der Waals surface area contributed by atoms with E-state index < -0.39 is 10.0 Å². The van der Waals surface area contributed by atoms with E-state index in [9.17, 15) is 13.2 Å². The zero-order chi connectivity index (χ0) is 19.2. The highest BCUT2D eigenvalue weighted by Crippen LogP contribution is 2.28. The Morgan fingerprint density at radius 1 is 1.15 bits per heavy atom. The van der Waals surface area contributed by atoms with Gasteiger partial charge in [-0.2, -0.15) is 0 Å². The molecule has 0 unspecified atom stereocenters. The van der Waals surface area contributed by atoms with Gasteiger partial charge >= 0.3 is 0 Å². The molecule has 2 rings (SSSR count). The zero-order valence-corrected chi connectivity index (χ0v) is 15.9. The molecule has 0 aliphatic heterocycles. The van der Waals surface area contributed by atoms with Crippen LogP contribution in [-0.2, 0) is 14.8 Å². The Morgan fingerprint density at radius 3 is 2.46 bits per heavy atom. The Kier molecular flexibility index (Phi) is 6.90. The second-order valence-corrected chi connectivity index (χ2v) is 7.61. The van der Waals surface area contributed by atoms with Crippen molar-refractivity contribution < 1.29 is 17.9 Å². The summed E-state index contributed by atoms with van der Waals surface area (Å²) in [4.78, 5) is 11.5. The average molecular weight is 415 g/mol. The molecule has 0 saturated heterocycles. The van der Waals surface area contributed by atoms with Crippen LogP contribution in [0.4, 0.5) is 5.69 Å². The van der Waals surface area contributed by atoms with Crippen LogP contribution >= 0.6 is 23.2 Å². The first kappa shape index (κ1) is 20.1. The summed E-state index contributed by atoms with van der Waals surface area (Å²) in [6.45, 7) is 3.56. The van der Waals surface area contributed by atoms with Gasteiger partial charge in [-0.05, 0) is 42.5 Å². The summed E-state index contributed by atoms with van der Waals surface area (Å²) in [5.41, 5.74) is 0.365. The van der Waals surface area contributed by atoms with Gasteiger partial charge in [0, 0.05) is 17.3 Å². The molecule has 138 valence electrons. The molecule has 26 heavy (non-hydrogen) atoms.